The van der Waals surface area contributed by atoms with Crippen molar-refractivity contribution in [3.8, 4) is 5.75 Å². The number of hydrogen-bond donors (Lipinski definition) is 1. The van der Waals surface area contributed by atoms with Gasteiger partial charge in [-0.2, -0.15) is 4.31 Å². The van der Waals surface area contributed by atoms with Gasteiger partial charge < -0.3 is 10.1 Å². The number of carbonyl (C=O) groups excluding carboxylic acids is 1. The normalized spacial score (nSPS) is 15.8. The Labute approximate surface area is 172 Å². The fraction of sp³-hybridized carbons (Fsp3) is 0.409. The SMILES string of the molecule is CC[C@H](Oc1cc(C)ccc1C)C(=O)Nc1ccc(S(=O)(=O)N2CCCC2)cc1. The van der Waals surface area contributed by atoms with E-state index in [1.807, 2.05) is 39.0 Å². The van der Waals surface area contributed by atoms with E-state index in [9.17, 15) is 13.2 Å². The molecule has 1 N–H and O–H groups in total. The summed E-state index contributed by atoms with van der Waals surface area (Å²) in [6.07, 6.45) is 1.67. The molecule has 0 spiro atoms. The van der Waals surface area contributed by atoms with E-state index in [2.05, 4.69) is 5.32 Å². The summed E-state index contributed by atoms with van der Waals surface area (Å²) in [5.41, 5.74) is 2.58. The van der Waals surface area contributed by atoms with Crippen molar-refractivity contribution in [3.05, 3.63) is 53.6 Å². The van der Waals surface area contributed by atoms with Crippen molar-refractivity contribution in [2.75, 3.05) is 18.4 Å². The Bertz CT molecular complexity index is 965. The monoisotopic (exact) mass is 416 g/mol. The predicted molar refractivity (Wildman–Crippen MR) is 114 cm³/mol. The number of rotatable bonds is 7. The van der Waals surface area contributed by atoms with Crippen molar-refractivity contribution in [2.24, 2.45) is 0 Å². The quantitative estimate of drug-likeness (QED) is 0.743. The zero-order valence-corrected chi connectivity index (χ0v) is 18.0. The van der Waals surface area contributed by atoms with Crippen molar-refractivity contribution < 1.29 is 17.9 Å². The zero-order valence-electron chi connectivity index (χ0n) is 17.1. The van der Waals surface area contributed by atoms with Crippen LogP contribution in [0.25, 0.3) is 0 Å². The molecule has 1 aliphatic heterocycles. The molecule has 6 nitrogen and oxygen atoms in total. The lowest BCUT2D eigenvalue weighted by molar-refractivity contribution is -0.122. The molecule has 1 fully saturated rings. The van der Waals surface area contributed by atoms with Gasteiger partial charge in [0.2, 0.25) is 10.0 Å². The molecule has 2 aromatic carbocycles. The second-order valence-electron chi connectivity index (χ2n) is 7.41. The van der Waals surface area contributed by atoms with Crippen LogP contribution < -0.4 is 10.1 Å². The van der Waals surface area contributed by atoms with E-state index in [1.54, 1.807) is 12.1 Å². The van der Waals surface area contributed by atoms with Gasteiger partial charge >= 0.3 is 0 Å². The van der Waals surface area contributed by atoms with Gasteiger partial charge in [0.05, 0.1) is 4.90 Å². The maximum Gasteiger partial charge on any atom is 0.265 e. The van der Waals surface area contributed by atoms with Gasteiger partial charge in [0.1, 0.15) is 5.75 Å². The Balaban J connectivity index is 1.68. The highest BCUT2D eigenvalue weighted by Crippen LogP contribution is 2.24. The number of nitrogens with one attached hydrogen (secondary N) is 1. The van der Waals surface area contributed by atoms with Gasteiger partial charge in [-0.25, -0.2) is 8.42 Å². The third-order valence-corrected chi connectivity index (χ3v) is 7.01. The number of anilines is 1. The van der Waals surface area contributed by atoms with Crippen LogP contribution in [0.4, 0.5) is 5.69 Å². The minimum atomic E-state index is -3.46. The maximum absolute atomic E-state index is 12.7. The lowest BCUT2D eigenvalue weighted by atomic mass is 10.1. The first-order valence-corrected chi connectivity index (χ1v) is 11.4. The summed E-state index contributed by atoms with van der Waals surface area (Å²) in [5, 5.41) is 2.82. The molecule has 7 heteroatoms. The van der Waals surface area contributed by atoms with Crippen molar-refractivity contribution in [3.63, 3.8) is 0 Å². The van der Waals surface area contributed by atoms with Gasteiger partial charge in [-0.05, 0) is 74.6 Å². The molecule has 1 heterocycles. The molecule has 156 valence electrons. The van der Waals surface area contributed by atoms with E-state index < -0.39 is 16.1 Å². The predicted octanol–water partition coefficient (Wildman–Crippen LogP) is 3.88. The van der Waals surface area contributed by atoms with Gasteiger partial charge in [-0.3, -0.25) is 4.79 Å². The van der Waals surface area contributed by atoms with Crippen LogP contribution in [0.2, 0.25) is 0 Å². The first-order chi connectivity index (χ1) is 13.8. The summed E-state index contributed by atoms with van der Waals surface area (Å²) < 4.78 is 32.7. The van der Waals surface area contributed by atoms with Crippen LogP contribution in [0.1, 0.15) is 37.3 Å². The molecule has 29 heavy (non-hydrogen) atoms. The maximum atomic E-state index is 12.7. The highest BCUT2D eigenvalue weighted by atomic mass is 32.2. The van der Waals surface area contributed by atoms with Crippen LogP contribution in [-0.4, -0.2) is 37.8 Å². The molecule has 0 bridgehead atoms. The minimum absolute atomic E-state index is 0.246. The number of carbonyl (C=O) groups is 1. The molecule has 0 aromatic heterocycles. The average Bonchev–Trinajstić information content (AvgIpc) is 3.24. The largest absolute Gasteiger partial charge is 0.480 e. The second kappa shape index (κ2) is 8.97. The van der Waals surface area contributed by atoms with Crippen molar-refractivity contribution in [1.82, 2.24) is 4.31 Å². The number of nitrogens with zero attached hydrogens (tertiary/aromatic N) is 1. The third-order valence-electron chi connectivity index (χ3n) is 5.10. The Morgan fingerprint density at radius 1 is 1.10 bits per heavy atom. The molecule has 0 unspecified atom stereocenters. The third kappa shape index (κ3) is 4.97. The Morgan fingerprint density at radius 3 is 2.38 bits per heavy atom. The Hall–Kier alpha value is -2.38. The number of benzene rings is 2. The smallest absolute Gasteiger partial charge is 0.265 e. The highest BCUT2D eigenvalue weighted by Gasteiger charge is 2.27. The fourth-order valence-electron chi connectivity index (χ4n) is 3.32. The summed E-state index contributed by atoms with van der Waals surface area (Å²) >= 11 is 0. The lowest BCUT2D eigenvalue weighted by Crippen LogP contribution is -2.32. The zero-order chi connectivity index (χ0) is 21.0. The van der Waals surface area contributed by atoms with E-state index in [-0.39, 0.29) is 10.8 Å². The number of amides is 1. The first-order valence-electron chi connectivity index (χ1n) is 9.96. The molecule has 1 atom stereocenters. The van der Waals surface area contributed by atoms with Crippen LogP contribution >= 0.6 is 0 Å². The van der Waals surface area contributed by atoms with E-state index in [0.717, 1.165) is 24.0 Å². The molecule has 1 aliphatic rings. The van der Waals surface area contributed by atoms with Gasteiger partial charge in [0, 0.05) is 18.8 Å². The topological polar surface area (TPSA) is 75.7 Å². The van der Waals surface area contributed by atoms with Crippen LogP contribution in [0.3, 0.4) is 0 Å². The summed E-state index contributed by atoms with van der Waals surface area (Å²) in [4.78, 5) is 12.9. The van der Waals surface area contributed by atoms with Crippen LogP contribution in [0.15, 0.2) is 47.4 Å². The van der Waals surface area contributed by atoms with Crippen LogP contribution in [0, 0.1) is 13.8 Å². The number of aryl methyl sites for hydroxylation is 2. The van der Waals surface area contributed by atoms with Gasteiger partial charge in [-0.15, -0.1) is 0 Å². The van der Waals surface area contributed by atoms with Crippen LogP contribution in [-0.2, 0) is 14.8 Å². The molecule has 0 aliphatic carbocycles. The number of ether oxygens (including phenoxy) is 1. The van der Waals surface area contributed by atoms with E-state index >= 15 is 0 Å². The van der Waals surface area contributed by atoms with E-state index in [4.69, 9.17) is 4.74 Å². The van der Waals surface area contributed by atoms with Crippen molar-refractivity contribution >= 4 is 21.6 Å². The standard InChI is InChI=1S/C22H28N2O4S/c1-4-20(28-21-15-16(2)7-8-17(21)3)22(25)23-18-9-11-19(12-10-18)29(26,27)24-13-5-6-14-24/h7-12,15,20H,4-6,13-14H2,1-3H3,(H,23,25)/t20-/m0/s1. The molecule has 1 saturated heterocycles. The van der Waals surface area contributed by atoms with Gasteiger partial charge in [-0.1, -0.05) is 19.1 Å². The Morgan fingerprint density at radius 2 is 1.76 bits per heavy atom. The summed E-state index contributed by atoms with van der Waals surface area (Å²) in [6, 6.07) is 12.2. The highest BCUT2D eigenvalue weighted by molar-refractivity contribution is 7.89. The minimum Gasteiger partial charge on any atom is -0.480 e. The summed E-state index contributed by atoms with van der Waals surface area (Å²) in [7, 11) is -3.46. The molecular weight excluding hydrogens is 388 g/mol. The van der Waals surface area contributed by atoms with E-state index in [0.29, 0.717) is 30.9 Å². The van der Waals surface area contributed by atoms with Crippen molar-refractivity contribution in [1.29, 1.82) is 0 Å². The first kappa shape index (κ1) is 21.3. The molecule has 1 amide bonds. The van der Waals surface area contributed by atoms with E-state index in [1.165, 1.54) is 16.4 Å². The summed E-state index contributed by atoms with van der Waals surface area (Å²) in [6.45, 7) is 6.94. The number of sulfonamides is 1. The summed E-state index contributed by atoms with van der Waals surface area (Å²) in [5.74, 6) is 0.433. The molecule has 2 aromatic rings. The second-order valence-corrected chi connectivity index (χ2v) is 9.35. The molecule has 3 rings (SSSR count). The van der Waals surface area contributed by atoms with Gasteiger partial charge in [0.15, 0.2) is 6.10 Å². The number of hydrogen-bond acceptors (Lipinski definition) is 4. The van der Waals surface area contributed by atoms with Gasteiger partial charge in [0.25, 0.3) is 5.91 Å². The Kier molecular flexibility index (Phi) is 6.59. The van der Waals surface area contributed by atoms with Crippen molar-refractivity contribution in [2.45, 2.75) is 51.0 Å². The van der Waals surface area contributed by atoms with Crippen LogP contribution in [0.5, 0.6) is 5.75 Å². The molecule has 0 saturated carbocycles. The molecular formula is C22H28N2O4S. The lowest BCUT2D eigenvalue weighted by Gasteiger charge is -2.19. The average molecular weight is 417 g/mol. The fourth-order valence-corrected chi connectivity index (χ4v) is 4.84. The molecule has 0 radical (unpaired) electrons.